The van der Waals surface area contributed by atoms with E-state index in [2.05, 4.69) is 0 Å². The van der Waals surface area contributed by atoms with Crippen LogP contribution in [0.4, 0.5) is 0 Å². The molecule has 0 aliphatic carbocycles. The van der Waals surface area contributed by atoms with E-state index < -0.39 is 50.2 Å². The van der Waals surface area contributed by atoms with Crippen molar-refractivity contribution >= 4 is 13.5 Å². The van der Waals surface area contributed by atoms with Crippen molar-refractivity contribution in [1.82, 2.24) is 9.55 Å². The van der Waals surface area contributed by atoms with Crippen LogP contribution in [0.2, 0.25) is 0 Å². The van der Waals surface area contributed by atoms with Crippen molar-refractivity contribution in [3.05, 3.63) is 33.1 Å². The zero-order valence-electron chi connectivity index (χ0n) is 12.1. The van der Waals surface area contributed by atoms with Crippen LogP contribution in [0.25, 0.3) is 0 Å². The molecule has 114 valence electrons. The summed E-state index contributed by atoms with van der Waals surface area (Å²) >= 11 is 0. The second-order valence-corrected chi connectivity index (χ2v) is 5.43. The average molecular weight is 332 g/mol. The van der Waals surface area contributed by atoms with E-state index in [1.54, 1.807) is 0 Å². The number of ether oxygens (including phenoxy) is 1. The first kappa shape index (κ1) is 20.4. The van der Waals surface area contributed by atoms with E-state index in [-0.39, 0.29) is 31.0 Å². The number of hydrogen-bond acceptors (Lipinski definition) is 6. The topological polar surface area (TPSA) is 159 Å². The normalized spacial score (nSPS) is 12.5. The third-order valence-electron chi connectivity index (χ3n) is 2.18. The molecule has 0 spiro atoms. The fraction of sp³-hybridized carbons (Fsp3) is 0.444. The summed E-state index contributed by atoms with van der Waals surface area (Å²) in [7, 11) is -4.42. The number of aliphatic hydroxyl groups is 1. The van der Waals surface area contributed by atoms with Crippen molar-refractivity contribution in [2.75, 3.05) is 13.0 Å². The van der Waals surface area contributed by atoms with Crippen LogP contribution >= 0.6 is 7.60 Å². The summed E-state index contributed by atoms with van der Waals surface area (Å²) in [5.74, 6) is -0.795. The molecule has 1 rings (SSSR count). The molecule has 10 nitrogen and oxygen atoms in total. The van der Waals surface area contributed by atoms with Crippen molar-refractivity contribution in [3.63, 3.8) is 0 Å². The molecule has 0 unspecified atom stereocenters. The predicted molar refractivity (Wildman–Crippen MR) is 66.5 cm³/mol. The van der Waals surface area contributed by atoms with Gasteiger partial charge in [0, 0.05) is 12.3 Å². The minimum absolute atomic E-state index is 0. The number of aromatic amines is 1. The Balaban J connectivity index is 0. The van der Waals surface area contributed by atoms with Gasteiger partial charge in [0.2, 0.25) is 5.91 Å². The third kappa shape index (κ3) is 7.30. The van der Waals surface area contributed by atoms with Gasteiger partial charge in [-0.05, 0) is 0 Å². The molecule has 0 amide bonds. The summed E-state index contributed by atoms with van der Waals surface area (Å²) in [4.78, 5) is 53.0. The van der Waals surface area contributed by atoms with Crippen LogP contribution in [0, 0.1) is 0 Å². The zero-order chi connectivity index (χ0) is 15.3. The number of aromatic nitrogens is 2. The minimum Gasteiger partial charge on any atom is -1.00 e. The summed E-state index contributed by atoms with van der Waals surface area (Å²) in [6.07, 6.45) is -1.65. The number of carbonyl (C=O) groups is 1. The minimum atomic E-state index is -4.42. The molecule has 0 aromatic carbocycles. The zero-order valence-corrected chi connectivity index (χ0v) is 14.0. The van der Waals surface area contributed by atoms with Crippen molar-refractivity contribution in [2.24, 2.45) is 0 Å². The van der Waals surface area contributed by atoms with Gasteiger partial charge in [-0.1, -0.05) is 0 Å². The van der Waals surface area contributed by atoms with E-state index in [9.17, 15) is 18.9 Å². The van der Waals surface area contributed by atoms with Gasteiger partial charge in [0.15, 0.2) is 0 Å². The van der Waals surface area contributed by atoms with Crippen LogP contribution in [0.3, 0.4) is 0 Å². The van der Waals surface area contributed by atoms with Crippen molar-refractivity contribution < 1.29 is 60.0 Å². The molecule has 0 saturated heterocycles. The summed E-state index contributed by atoms with van der Waals surface area (Å²) in [5.41, 5.74) is -1.62. The summed E-state index contributed by atoms with van der Waals surface area (Å²) in [6.45, 7) is -0.663. The number of aliphatic hydroxyl groups excluding tert-OH is 1. The summed E-state index contributed by atoms with van der Waals surface area (Å²) < 4.78 is 15.9. The van der Waals surface area contributed by atoms with Crippen LogP contribution in [-0.2, 0) is 9.30 Å². The monoisotopic (exact) mass is 332 g/mol. The molecule has 0 radical (unpaired) electrons. The first-order chi connectivity index (χ1) is 9.23. The average Bonchev–Trinajstić information content (AvgIpc) is 2.33. The van der Waals surface area contributed by atoms with Crippen molar-refractivity contribution in [3.8, 4) is 0 Å². The summed E-state index contributed by atoms with van der Waals surface area (Å²) in [6, 6.07) is 0.962. The van der Waals surface area contributed by atoms with E-state index in [1.807, 2.05) is 4.98 Å². The third-order valence-corrected chi connectivity index (χ3v) is 2.66. The Morgan fingerprint density at radius 2 is 2.10 bits per heavy atom. The largest absolute Gasteiger partial charge is 1.00 e. The van der Waals surface area contributed by atoms with Crippen molar-refractivity contribution in [2.45, 2.75) is 12.5 Å². The van der Waals surface area contributed by atoms with Gasteiger partial charge >= 0.3 is 42.8 Å². The maximum absolute atomic E-state index is 11.7. The van der Waals surface area contributed by atoms with E-state index in [4.69, 9.17) is 19.6 Å². The van der Waals surface area contributed by atoms with Gasteiger partial charge in [-0.2, -0.15) is 0 Å². The first-order valence-electron chi connectivity index (χ1n) is 5.35. The maximum Gasteiger partial charge on any atom is 1.00 e. The SMILES string of the molecule is O=C(C[C@@H](CO)OCP(=O)(O)O)n1ccc(=O)[nH]c1=O.[H-].[Na+]. The van der Waals surface area contributed by atoms with Crippen LogP contribution in [0.1, 0.15) is 12.6 Å². The number of hydrogen-bond donors (Lipinski definition) is 4. The van der Waals surface area contributed by atoms with Gasteiger partial charge in [-0.3, -0.25) is 19.1 Å². The second-order valence-electron chi connectivity index (χ2n) is 3.84. The standard InChI is InChI=1S/C9H13N2O8P.Na.H/c12-4-6(19-5-20(16,17)18)3-8(14)11-2-1-7(13)10-9(11)15;;/h1-2,6,12H,3-5H2,(H,10,13,15)(H2,16,17,18);;/q;+1;-1/t6-;;/m0../s1. The molecule has 0 saturated carbocycles. The molecule has 21 heavy (non-hydrogen) atoms. The Hall–Kier alpha value is -0.580. The fourth-order valence-corrected chi connectivity index (χ4v) is 1.69. The molecule has 1 atom stereocenters. The maximum atomic E-state index is 11.7. The summed E-state index contributed by atoms with van der Waals surface area (Å²) in [5, 5.41) is 8.96. The molecule has 1 aromatic heterocycles. The second kappa shape index (κ2) is 8.76. The van der Waals surface area contributed by atoms with Crippen LogP contribution < -0.4 is 40.8 Å². The Morgan fingerprint density at radius 3 is 2.57 bits per heavy atom. The molecular weight excluding hydrogens is 318 g/mol. The number of nitrogens with zero attached hydrogens (tertiary/aromatic N) is 1. The van der Waals surface area contributed by atoms with Crippen LogP contribution in [0.15, 0.2) is 21.9 Å². The molecule has 0 aliphatic heterocycles. The molecule has 12 heteroatoms. The Kier molecular flexibility index (Phi) is 8.52. The van der Waals surface area contributed by atoms with Gasteiger partial charge in [0.1, 0.15) is 6.35 Å². The Bertz CT molecular complexity index is 641. The van der Waals surface area contributed by atoms with E-state index in [0.717, 1.165) is 12.3 Å². The van der Waals surface area contributed by atoms with E-state index in [0.29, 0.717) is 4.57 Å². The number of carbonyl (C=O) groups excluding carboxylic acids is 1. The van der Waals surface area contributed by atoms with E-state index in [1.165, 1.54) is 0 Å². The van der Waals surface area contributed by atoms with Gasteiger partial charge in [-0.25, -0.2) is 9.36 Å². The molecule has 4 N–H and O–H groups in total. The molecule has 1 heterocycles. The van der Waals surface area contributed by atoms with E-state index >= 15 is 0 Å². The van der Waals surface area contributed by atoms with Crippen LogP contribution in [-0.4, -0.2) is 49.4 Å². The number of nitrogens with one attached hydrogen (secondary N) is 1. The molecule has 1 aromatic rings. The smallest absolute Gasteiger partial charge is 1.00 e. The van der Waals surface area contributed by atoms with Crippen molar-refractivity contribution in [1.29, 1.82) is 0 Å². The molecule has 0 fully saturated rings. The van der Waals surface area contributed by atoms with Gasteiger partial charge < -0.3 is 21.1 Å². The molecular formula is C9H14N2NaO8P. The number of rotatable bonds is 6. The molecule has 0 bridgehead atoms. The quantitative estimate of drug-likeness (QED) is 0.298. The van der Waals surface area contributed by atoms with Gasteiger partial charge in [-0.15, -0.1) is 0 Å². The van der Waals surface area contributed by atoms with Crippen LogP contribution in [0.5, 0.6) is 0 Å². The predicted octanol–water partition coefficient (Wildman–Crippen LogP) is -4.80. The molecule has 0 aliphatic rings. The Morgan fingerprint density at radius 1 is 1.48 bits per heavy atom. The van der Waals surface area contributed by atoms with Gasteiger partial charge in [0.05, 0.1) is 19.1 Å². The number of H-pyrrole nitrogens is 1. The first-order valence-corrected chi connectivity index (χ1v) is 7.15. The van der Waals surface area contributed by atoms with Gasteiger partial charge in [0.25, 0.3) is 5.56 Å². The Labute approximate surface area is 141 Å². The fourth-order valence-electron chi connectivity index (χ4n) is 1.29.